The van der Waals surface area contributed by atoms with Crippen LogP contribution in [0.25, 0.3) is 0 Å². The van der Waals surface area contributed by atoms with Gasteiger partial charge in [-0.25, -0.2) is 9.59 Å². The molecule has 8 nitrogen and oxygen atoms in total. The normalized spacial score (nSPS) is 23.5. The number of thiophene rings is 1. The first kappa shape index (κ1) is 27.8. The minimum Gasteiger partial charge on any atom is -0.466 e. The summed E-state index contributed by atoms with van der Waals surface area (Å²) < 4.78 is 17.2. The molecular formula is C33H31N3O5S. The minimum atomic E-state index is -0.932. The number of carbonyl (C=O) groups is 2. The zero-order valence-electron chi connectivity index (χ0n) is 23.4. The molecule has 3 heterocycles. The predicted octanol–water partition coefficient (Wildman–Crippen LogP) is 5.79. The first-order valence-corrected chi connectivity index (χ1v) is 14.8. The molecular weight excluding hydrogens is 550 g/mol. The van der Waals surface area contributed by atoms with E-state index >= 15 is 0 Å². The molecule has 6 rings (SSSR count). The number of hydrogen-bond acceptors (Lipinski definition) is 9. The van der Waals surface area contributed by atoms with Crippen molar-refractivity contribution in [3.8, 4) is 6.07 Å². The van der Waals surface area contributed by atoms with Gasteiger partial charge in [0.05, 0.1) is 49.1 Å². The van der Waals surface area contributed by atoms with Crippen LogP contribution < -0.4 is 10.6 Å². The van der Waals surface area contributed by atoms with Crippen molar-refractivity contribution in [1.29, 1.82) is 5.26 Å². The highest BCUT2D eigenvalue weighted by molar-refractivity contribution is 7.10. The van der Waals surface area contributed by atoms with Gasteiger partial charge in [-0.15, -0.1) is 11.3 Å². The average molecular weight is 582 g/mol. The van der Waals surface area contributed by atoms with Gasteiger partial charge in [0.25, 0.3) is 0 Å². The first-order chi connectivity index (χ1) is 20.5. The molecule has 0 amide bonds. The van der Waals surface area contributed by atoms with Crippen molar-refractivity contribution in [3.63, 3.8) is 0 Å². The van der Waals surface area contributed by atoms with Crippen LogP contribution >= 0.6 is 11.3 Å². The van der Waals surface area contributed by atoms with E-state index in [2.05, 4.69) is 17.5 Å². The van der Waals surface area contributed by atoms with Gasteiger partial charge in [-0.2, -0.15) is 5.26 Å². The third kappa shape index (κ3) is 4.48. The van der Waals surface area contributed by atoms with Crippen molar-refractivity contribution in [3.05, 3.63) is 110 Å². The third-order valence-corrected chi connectivity index (χ3v) is 9.49. The number of esters is 2. The standard InChI is InChI=1S/C33H31N3O5S/c1-39-32(37)27-26(19-10-4-3-5-11-19)23(18-34)31(35)36(28(27)33(38)40-2)24-14-8-6-12-20(24)29-22-16-17-42-30(22)21-13-7-9-15-25(21)41-29/h3-6,8,10-12,14,16-17,21,25-26,29H,7,9,13,15,35H2,1-2H3. The maximum Gasteiger partial charge on any atom is 0.355 e. The molecule has 214 valence electrons. The lowest BCUT2D eigenvalue weighted by molar-refractivity contribution is -0.139. The fourth-order valence-corrected chi connectivity index (χ4v) is 7.69. The lowest BCUT2D eigenvalue weighted by Crippen LogP contribution is -2.41. The second-order valence-electron chi connectivity index (χ2n) is 10.6. The van der Waals surface area contributed by atoms with E-state index in [1.54, 1.807) is 35.6 Å². The fraction of sp³-hybridized carbons (Fsp3) is 0.303. The molecule has 9 heteroatoms. The van der Waals surface area contributed by atoms with E-state index in [9.17, 15) is 14.9 Å². The molecule has 3 aromatic rings. The number of para-hydroxylation sites is 1. The zero-order valence-corrected chi connectivity index (χ0v) is 24.2. The Bertz CT molecular complexity index is 1640. The maximum absolute atomic E-state index is 13.6. The van der Waals surface area contributed by atoms with E-state index in [0.29, 0.717) is 17.2 Å². The van der Waals surface area contributed by atoms with Crippen molar-refractivity contribution < 1.29 is 23.8 Å². The van der Waals surface area contributed by atoms with Crippen molar-refractivity contribution in [2.24, 2.45) is 5.73 Å². The van der Waals surface area contributed by atoms with E-state index in [1.807, 2.05) is 30.3 Å². The van der Waals surface area contributed by atoms with Gasteiger partial charge in [0.15, 0.2) is 0 Å². The lowest BCUT2D eigenvalue weighted by atomic mass is 9.79. The topological polar surface area (TPSA) is 115 Å². The van der Waals surface area contributed by atoms with Crippen molar-refractivity contribution in [2.45, 2.75) is 49.7 Å². The number of ether oxygens (including phenoxy) is 3. The number of nitriles is 1. The maximum atomic E-state index is 13.6. The summed E-state index contributed by atoms with van der Waals surface area (Å²) in [7, 11) is 2.49. The van der Waals surface area contributed by atoms with Crippen LogP contribution in [-0.2, 0) is 23.8 Å². The highest BCUT2D eigenvalue weighted by Crippen LogP contribution is 2.51. The van der Waals surface area contributed by atoms with Crippen molar-refractivity contribution >= 4 is 29.0 Å². The number of anilines is 1. The number of allylic oxidation sites excluding steroid dienone is 1. The van der Waals surface area contributed by atoms with Gasteiger partial charge in [-0.1, -0.05) is 61.4 Å². The van der Waals surface area contributed by atoms with Crippen LogP contribution in [-0.4, -0.2) is 32.3 Å². The quantitative estimate of drug-likeness (QED) is 0.377. The molecule has 4 unspecified atom stereocenters. The number of nitrogens with two attached hydrogens (primary N) is 1. The summed E-state index contributed by atoms with van der Waals surface area (Å²) >= 11 is 1.75. The SMILES string of the molecule is COC(=O)C1=C(C(=O)OC)N(c2ccccc2C2OC3CCCCC3c3sccc32)C(N)=C(C#N)C1c1ccccc1. The average Bonchev–Trinajstić information content (AvgIpc) is 3.54. The Kier molecular flexibility index (Phi) is 7.58. The van der Waals surface area contributed by atoms with Gasteiger partial charge < -0.3 is 19.9 Å². The molecule has 3 aliphatic rings. The summed E-state index contributed by atoms with van der Waals surface area (Å²) in [4.78, 5) is 29.9. The molecule has 2 N–H and O–H groups in total. The van der Waals surface area contributed by atoms with Gasteiger partial charge in [0, 0.05) is 16.4 Å². The van der Waals surface area contributed by atoms with Crippen LogP contribution in [0, 0.1) is 11.3 Å². The monoisotopic (exact) mass is 581 g/mol. The number of carbonyl (C=O) groups excluding carboxylic acids is 2. The van der Waals surface area contributed by atoms with E-state index in [4.69, 9.17) is 19.9 Å². The highest BCUT2D eigenvalue weighted by atomic mass is 32.1. The van der Waals surface area contributed by atoms with Crippen molar-refractivity contribution in [1.82, 2.24) is 0 Å². The summed E-state index contributed by atoms with van der Waals surface area (Å²) in [6.07, 6.45) is 4.02. The van der Waals surface area contributed by atoms with Crippen LogP contribution in [0.1, 0.15) is 65.2 Å². The van der Waals surface area contributed by atoms with Crippen LogP contribution in [0.2, 0.25) is 0 Å². The summed E-state index contributed by atoms with van der Waals surface area (Å²) in [6.45, 7) is 0. The second-order valence-corrected chi connectivity index (χ2v) is 11.5. The molecule has 0 radical (unpaired) electrons. The molecule has 1 fully saturated rings. The second kappa shape index (κ2) is 11.5. The Morgan fingerprint density at radius 2 is 1.69 bits per heavy atom. The Morgan fingerprint density at radius 1 is 0.976 bits per heavy atom. The number of nitrogens with zero attached hydrogens (tertiary/aromatic N) is 2. The molecule has 2 aromatic carbocycles. The van der Waals surface area contributed by atoms with Gasteiger partial charge in [0.2, 0.25) is 0 Å². The molecule has 4 atom stereocenters. The van der Waals surface area contributed by atoms with E-state index < -0.39 is 24.0 Å². The molecule has 0 spiro atoms. The number of benzene rings is 2. The van der Waals surface area contributed by atoms with Crippen LogP contribution in [0.15, 0.2) is 88.7 Å². The summed E-state index contributed by atoms with van der Waals surface area (Å²) in [5.74, 6) is -2.07. The summed E-state index contributed by atoms with van der Waals surface area (Å²) in [5.41, 5.74) is 9.81. The van der Waals surface area contributed by atoms with Crippen LogP contribution in [0.5, 0.6) is 0 Å². The number of hydrogen-bond donors (Lipinski definition) is 1. The lowest BCUT2D eigenvalue weighted by Gasteiger charge is -2.41. The highest BCUT2D eigenvalue weighted by Gasteiger charge is 2.45. The van der Waals surface area contributed by atoms with Crippen LogP contribution in [0.4, 0.5) is 5.69 Å². The fourth-order valence-electron chi connectivity index (χ4n) is 6.57. The third-order valence-electron chi connectivity index (χ3n) is 8.43. The first-order valence-electron chi connectivity index (χ1n) is 14.0. The van der Waals surface area contributed by atoms with E-state index in [1.165, 1.54) is 30.4 Å². The summed E-state index contributed by atoms with van der Waals surface area (Å²) in [5, 5.41) is 12.5. The molecule has 2 aliphatic heterocycles. The number of rotatable bonds is 5. The molecule has 1 aliphatic carbocycles. The predicted molar refractivity (Wildman–Crippen MR) is 158 cm³/mol. The molecule has 0 bridgehead atoms. The largest absolute Gasteiger partial charge is 0.466 e. The summed E-state index contributed by atoms with van der Waals surface area (Å²) in [6, 6.07) is 20.8. The van der Waals surface area contributed by atoms with E-state index in [0.717, 1.165) is 30.4 Å². The van der Waals surface area contributed by atoms with E-state index in [-0.39, 0.29) is 28.8 Å². The molecule has 42 heavy (non-hydrogen) atoms. The van der Waals surface area contributed by atoms with Crippen LogP contribution in [0.3, 0.4) is 0 Å². The van der Waals surface area contributed by atoms with Gasteiger partial charge in [0.1, 0.15) is 17.6 Å². The molecule has 1 aromatic heterocycles. The van der Waals surface area contributed by atoms with Crippen molar-refractivity contribution in [2.75, 3.05) is 19.1 Å². The Labute approximate surface area is 248 Å². The Balaban J connectivity index is 1.59. The Morgan fingerprint density at radius 3 is 2.43 bits per heavy atom. The van der Waals surface area contributed by atoms with Gasteiger partial charge in [-0.3, -0.25) is 4.90 Å². The number of fused-ring (bicyclic) bond motifs is 3. The van der Waals surface area contributed by atoms with Gasteiger partial charge in [-0.05, 0) is 41.5 Å². The number of methoxy groups -OCH3 is 2. The Hall–Kier alpha value is -4.39. The molecule has 1 saturated carbocycles. The van der Waals surface area contributed by atoms with Gasteiger partial charge >= 0.3 is 11.9 Å². The minimum absolute atomic E-state index is 0.0239. The zero-order chi connectivity index (χ0) is 29.4. The molecule has 0 saturated heterocycles. The smallest absolute Gasteiger partial charge is 0.355 e.